The van der Waals surface area contributed by atoms with Crippen LogP contribution >= 0.6 is 43.5 Å². The van der Waals surface area contributed by atoms with E-state index in [9.17, 15) is 4.79 Å². The fourth-order valence-electron chi connectivity index (χ4n) is 2.24. The van der Waals surface area contributed by atoms with Gasteiger partial charge in [0.1, 0.15) is 0 Å². The predicted molar refractivity (Wildman–Crippen MR) is 104 cm³/mol. The van der Waals surface area contributed by atoms with Crippen molar-refractivity contribution in [3.05, 3.63) is 61.9 Å². The zero-order valence-electron chi connectivity index (χ0n) is 13.2. The van der Waals surface area contributed by atoms with Crippen LogP contribution in [0.1, 0.15) is 23.0 Å². The molecule has 1 aromatic carbocycles. The van der Waals surface area contributed by atoms with E-state index in [-0.39, 0.29) is 5.91 Å². The lowest BCUT2D eigenvalue weighted by atomic mass is 10.2. The summed E-state index contributed by atoms with van der Waals surface area (Å²) in [5.41, 5.74) is 1.26. The van der Waals surface area contributed by atoms with Gasteiger partial charge in [-0.05, 0) is 50.4 Å². The van der Waals surface area contributed by atoms with Crippen LogP contribution in [-0.2, 0) is 13.1 Å². The van der Waals surface area contributed by atoms with Crippen molar-refractivity contribution in [3.8, 4) is 0 Å². The number of nitrogens with one attached hydrogen (secondary N) is 1. The largest absolute Gasteiger partial charge is 0.303 e. The number of aryl methyl sites for hydroxylation is 1. The number of carbonyl (C=O) groups excluding carboxylic acids is 1. The van der Waals surface area contributed by atoms with Crippen LogP contribution in [0.2, 0.25) is 5.02 Å². The van der Waals surface area contributed by atoms with Crippen LogP contribution in [0.5, 0.6) is 0 Å². The van der Waals surface area contributed by atoms with Gasteiger partial charge in [0, 0.05) is 24.0 Å². The Labute approximate surface area is 166 Å². The molecular weight excluding hydrogens is 473 g/mol. The summed E-state index contributed by atoms with van der Waals surface area (Å²) in [7, 11) is 0. The van der Waals surface area contributed by atoms with Crippen molar-refractivity contribution in [2.24, 2.45) is 0 Å². The maximum atomic E-state index is 12.4. The number of hydrogen-bond acceptors (Lipinski definition) is 3. The lowest BCUT2D eigenvalue weighted by Gasteiger charge is -2.04. The van der Waals surface area contributed by atoms with Crippen LogP contribution in [0, 0.1) is 0 Å². The molecule has 3 aromatic rings. The van der Waals surface area contributed by atoms with Gasteiger partial charge in [0.25, 0.3) is 5.91 Å². The summed E-state index contributed by atoms with van der Waals surface area (Å²) in [5, 5.41) is 12.1. The maximum Gasteiger partial charge on any atom is 0.278 e. The van der Waals surface area contributed by atoms with Crippen molar-refractivity contribution >= 4 is 55.2 Å². The number of aromatic nitrogens is 4. The first-order valence-electron chi connectivity index (χ1n) is 7.48. The van der Waals surface area contributed by atoms with E-state index in [0.29, 0.717) is 38.6 Å². The summed E-state index contributed by atoms with van der Waals surface area (Å²) in [6.45, 7) is 3.14. The highest BCUT2D eigenvalue weighted by atomic mass is 79.9. The minimum Gasteiger partial charge on any atom is -0.303 e. The number of halogens is 3. The normalized spacial score (nSPS) is 10.9. The smallest absolute Gasteiger partial charge is 0.278 e. The van der Waals surface area contributed by atoms with Gasteiger partial charge in [0.15, 0.2) is 11.5 Å². The van der Waals surface area contributed by atoms with E-state index in [2.05, 4.69) is 47.4 Å². The van der Waals surface area contributed by atoms with Gasteiger partial charge in [-0.3, -0.25) is 14.2 Å². The third kappa shape index (κ3) is 4.13. The first kappa shape index (κ1) is 18.2. The Bertz CT molecular complexity index is 921. The van der Waals surface area contributed by atoms with Crippen molar-refractivity contribution in [1.29, 1.82) is 0 Å². The van der Waals surface area contributed by atoms with Gasteiger partial charge >= 0.3 is 0 Å². The summed E-state index contributed by atoms with van der Waals surface area (Å²) in [6, 6.07) is 7.57. The van der Waals surface area contributed by atoms with Gasteiger partial charge in [-0.1, -0.05) is 29.8 Å². The Morgan fingerprint density at radius 1 is 1.16 bits per heavy atom. The number of anilines is 1. The SMILES string of the molecule is CCn1cc(Br)c(C(=O)Nc2nn(Cc3ccccc3Cl)cc2Br)n1. The quantitative estimate of drug-likeness (QED) is 0.573. The molecule has 9 heteroatoms. The Kier molecular flexibility index (Phi) is 5.61. The number of carbonyl (C=O) groups is 1. The van der Waals surface area contributed by atoms with Crippen LogP contribution in [0.15, 0.2) is 45.6 Å². The van der Waals surface area contributed by atoms with Crippen molar-refractivity contribution < 1.29 is 4.79 Å². The summed E-state index contributed by atoms with van der Waals surface area (Å²) in [4.78, 5) is 12.4. The Morgan fingerprint density at radius 3 is 2.56 bits per heavy atom. The summed E-state index contributed by atoms with van der Waals surface area (Å²) < 4.78 is 4.71. The highest BCUT2D eigenvalue weighted by Gasteiger charge is 2.18. The van der Waals surface area contributed by atoms with Crippen molar-refractivity contribution in [2.75, 3.05) is 5.32 Å². The molecule has 0 aliphatic heterocycles. The molecule has 3 rings (SSSR count). The number of hydrogen-bond donors (Lipinski definition) is 1. The number of nitrogens with zero attached hydrogens (tertiary/aromatic N) is 4. The van der Waals surface area contributed by atoms with Gasteiger partial charge in [0.2, 0.25) is 0 Å². The van der Waals surface area contributed by atoms with Gasteiger partial charge in [-0.15, -0.1) is 0 Å². The van der Waals surface area contributed by atoms with Crippen molar-refractivity contribution in [2.45, 2.75) is 20.0 Å². The summed E-state index contributed by atoms with van der Waals surface area (Å²) in [5.74, 6) is 0.0952. The minimum atomic E-state index is -0.331. The summed E-state index contributed by atoms with van der Waals surface area (Å²) >= 11 is 13.0. The average Bonchev–Trinajstić information content (AvgIpc) is 3.12. The van der Waals surface area contributed by atoms with Gasteiger partial charge in [0.05, 0.1) is 15.5 Å². The Morgan fingerprint density at radius 2 is 1.88 bits per heavy atom. The third-order valence-electron chi connectivity index (χ3n) is 3.50. The van der Waals surface area contributed by atoms with Crippen LogP contribution in [0.25, 0.3) is 0 Å². The van der Waals surface area contributed by atoms with Gasteiger partial charge in [-0.2, -0.15) is 10.2 Å². The fourth-order valence-corrected chi connectivity index (χ4v) is 3.35. The fraction of sp³-hybridized carbons (Fsp3) is 0.188. The molecule has 0 bridgehead atoms. The zero-order valence-corrected chi connectivity index (χ0v) is 17.1. The lowest BCUT2D eigenvalue weighted by Crippen LogP contribution is -2.15. The van der Waals surface area contributed by atoms with Crippen LogP contribution in [0.4, 0.5) is 5.82 Å². The number of rotatable bonds is 5. The lowest BCUT2D eigenvalue weighted by molar-refractivity contribution is 0.102. The number of benzene rings is 1. The monoisotopic (exact) mass is 485 g/mol. The number of amides is 1. The average molecular weight is 488 g/mol. The zero-order chi connectivity index (χ0) is 18.0. The molecule has 0 fully saturated rings. The second kappa shape index (κ2) is 7.72. The molecule has 0 aliphatic rings. The van der Waals surface area contributed by atoms with E-state index in [1.54, 1.807) is 21.8 Å². The first-order chi connectivity index (χ1) is 12.0. The molecule has 0 atom stereocenters. The van der Waals surface area contributed by atoms with Crippen LogP contribution < -0.4 is 5.32 Å². The van der Waals surface area contributed by atoms with Crippen LogP contribution in [-0.4, -0.2) is 25.5 Å². The molecule has 2 aromatic heterocycles. The molecular formula is C16H14Br2ClN5O. The highest BCUT2D eigenvalue weighted by molar-refractivity contribution is 9.11. The molecule has 0 saturated carbocycles. The molecule has 0 unspecified atom stereocenters. The van der Waals surface area contributed by atoms with E-state index in [1.807, 2.05) is 31.2 Å². The maximum absolute atomic E-state index is 12.4. The molecule has 0 aliphatic carbocycles. The standard InChI is InChI=1S/C16H14Br2ClN5O/c1-2-23-8-11(17)14(21-23)16(25)20-15-12(18)9-24(22-15)7-10-5-3-4-6-13(10)19/h3-6,8-9H,2,7H2,1H3,(H,20,22,25). The second-order valence-electron chi connectivity index (χ2n) is 5.25. The van der Waals surface area contributed by atoms with Crippen molar-refractivity contribution in [1.82, 2.24) is 19.6 Å². The van der Waals surface area contributed by atoms with E-state index in [4.69, 9.17) is 11.6 Å². The van der Waals surface area contributed by atoms with Gasteiger partial charge < -0.3 is 5.32 Å². The molecule has 2 heterocycles. The molecule has 1 amide bonds. The van der Waals surface area contributed by atoms with Gasteiger partial charge in [-0.25, -0.2) is 0 Å². The van der Waals surface area contributed by atoms with Crippen LogP contribution in [0.3, 0.4) is 0 Å². The molecule has 130 valence electrons. The third-order valence-corrected chi connectivity index (χ3v) is 5.02. The molecule has 0 spiro atoms. The Hall–Kier alpha value is -1.64. The highest BCUT2D eigenvalue weighted by Crippen LogP contribution is 2.24. The molecule has 1 N–H and O–H groups in total. The van der Waals surface area contributed by atoms with E-state index < -0.39 is 0 Å². The topological polar surface area (TPSA) is 64.7 Å². The molecule has 25 heavy (non-hydrogen) atoms. The molecule has 6 nitrogen and oxygen atoms in total. The minimum absolute atomic E-state index is 0.314. The van der Waals surface area contributed by atoms with Crippen molar-refractivity contribution in [3.63, 3.8) is 0 Å². The Balaban J connectivity index is 1.77. The van der Waals surface area contributed by atoms with E-state index in [0.717, 1.165) is 5.56 Å². The predicted octanol–water partition coefficient (Wildman–Crippen LogP) is 4.58. The molecule has 0 saturated heterocycles. The second-order valence-corrected chi connectivity index (χ2v) is 7.37. The first-order valence-corrected chi connectivity index (χ1v) is 9.45. The van der Waals surface area contributed by atoms with E-state index >= 15 is 0 Å². The molecule has 0 radical (unpaired) electrons. The summed E-state index contributed by atoms with van der Waals surface area (Å²) in [6.07, 6.45) is 3.55. The van der Waals surface area contributed by atoms with E-state index in [1.165, 1.54) is 0 Å².